The highest BCUT2D eigenvalue weighted by Gasteiger charge is 2.23. The average Bonchev–Trinajstić information content (AvgIpc) is 3.86. The monoisotopic (exact) mass is 672 g/mol. The average molecular weight is 673 g/mol. The number of para-hydroxylation sites is 3. The van der Waals surface area contributed by atoms with Crippen molar-refractivity contribution < 1.29 is 0 Å². The molecule has 0 fully saturated rings. The Morgan fingerprint density at radius 1 is 0.510 bits per heavy atom. The number of aromatic nitrogens is 2. The standard InChI is InChI=1S/C46H32N4S/c1-5-19-40-33(13-1)34-14-2-6-20-41(34)49(40)31-12-9-11-30(27-31)39-25-26-47-46(48-39)50-42-21-7-3-15-35(42)38-28-29(23-24-43(38)50)32-17-10-18-37-36-16-4-8-22-44(36)51-45(32)37/h1-25,27-28,46-48H,26H2. The fourth-order valence-corrected chi connectivity index (χ4v) is 9.56. The predicted molar refractivity (Wildman–Crippen MR) is 217 cm³/mol. The van der Waals surface area contributed by atoms with E-state index in [2.05, 4.69) is 184 Å². The lowest BCUT2D eigenvalue weighted by Gasteiger charge is -2.30. The highest BCUT2D eigenvalue weighted by Crippen LogP contribution is 2.42. The molecule has 7 aromatic carbocycles. The smallest absolute Gasteiger partial charge is 0.160 e. The number of rotatable bonds is 4. The summed E-state index contributed by atoms with van der Waals surface area (Å²) in [6.45, 7) is 0.757. The van der Waals surface area contributed by atoms with Crippen molar-refractivity contribution >= 4 is 80.8 Å². The van der Waals surface area contributed by atoms with Crippen LogP contribution < -0.4 is 10.6 Å². The minimum atomic E-state index is -0.124. The van der Waals surface area contributed by atoms with Crippen LogP contribution in [0.25, 0.3) is 86.3 Å². The van der Waals surface area contributed by atoms with E-state index >= 15 is 0 Å². The van der Waals surface area contributed by atoms with E-state index in [0.29, 0.717) is 0 Å². The Balaban J connectivity index is 0.999. The summed E-state index contributed by atoms with van der Waals surface area (Å²) in [5.74, 6) is 0. The summed E-state index contributed by atoms with van der Waals surface area (Å²) in [4.78, 5) is 0. The van der Waals surface area contributed by atoms with Gasteiger partial charge >= 0.3 is 0 Å². The molecule has 0 aliphatic carbocycles. The first kappa shape index (κ1) is 28.7. The molecule has 1 aliphatic rings. The molecule has 0 saturated carbocycles. The van der Waals surface area contributed by atoms with Crippen molar-refractivity contribution in [3.05, 3.63) is 169 Å². The van der Waals surface area contributed by atoms with Gasteiger partial charge in [0.25, 0.3) is 0 Å². The zero-order chi connectivity index (χ0) is 33.5. The SMILES string of the molecule is C1=C(c2cccc(-n3c4ccccc4c4ccccc43)c2)NC(n2c3ccccc3c3cc(-c4cccc5c4sc4ccccc45)ccc32)NC1. The van der Waals surface area contributed by atoms with Gasteiger partial charge in [-0.05, 0) is 71.3 Å². The number of fused-ring (bicyclic) bond motifs is 9. The minimum absolute atomic E-state index is 0.124. The summed E-state index contributed by atoms with van der Waals surface area (Å²) in [6.07, 6.45) is 2.14. The fourth-order valence-electron chi connectivity index (χ4n) is 8.32. The quantitative estimate of drug-likeness (QED) is 0.195. The number of hydrogen-bond acceptors (Lipinski definition) is 3. The molecule has 0 bridgehead atoms. The van der Waals surface area contributed by atoms with Gasteiger partial charge in [0.2, 0.25) is 0 Å². The molecule has 242 valence electrons. The van der Waals surface area contributed by atoms with Gasteiger partial charge in [0.1, 0.15) is 0 Å². The van der Waals surface area contributed by atoms with Crippen LogP contribution in [0.1, 0.15) is 11.9 Å². The van der Waals surface area contributed by atoms with Gasteiger partial charge in [-0.25, -0.2) is 0 Å². The van der Waals surface area contributed by atoms with Crippen molar-refractivity contribution in [2.45, 2.75) is 6.29 Å². The summed E-state index contributed by atoms with van der Waals surface area (Å²) >= 11 is 1.89. The van der Waals surface area contributed by atoms with Gasteiger partial charge in [-0.3, -0.25) is 5.32 Å². The predicted octanol–water partition coefficient (Wildman–Crippen LogP) is 11.6. The third-order valence-corrected chi connectivity index (χ3v) is 11.8. The van der Waals surface area contributed by atoms with E-state index < -0.39 is 0 Å². The number of hydrogen-bond donors (Lipinski definition) is 2. The largest absolute Gasteiger partial charge is 0.352 e. The van der Waals surface area contributed by atoms with Crippen LogP contribution in [0.3, 0.4) is 0 Å². The number of thiophene rings is 1. The van der Waals surface area contributed by atoms with Crippen molar-refractivity contribution in [1.29, 1.82) is 0 Å². The molecule has 1 unspecified atom stereocenters. The van der Waals surface area contributed by atoms with Crippen molar-refractivity contribution in [3.63, 3.8) is 0 Å². The van der Waals surface area contributed by atoms with Crippen LogP contribution in [-0.2, 0) is 0 Å². The maximum absolute atomic E-state index is 3.89. The molecule has 0 amide bonds. The van der Waals surface area contributed by atoms with Crippen molar-refractivity contribution in [1.82, 2.24) is 19.8 Å². The van der Waals surface area contributed by atoms with Gasteiger partial charge in [-0.2, -0.15) is 0 Å². The summed E-state index contributed by atoms with van der Waals surface area (Å²) < 4.78 is 7.49. The van der Waals surface area contributed by atoms with Crippen LogP contribution in [0.2, 0.25) is 0 Å². The van der Waals surface area contributed by atoms with Gasteiger partial charge in [-0.15, -0.1) is 11.3 Å². The molecule has 4 heterocycles. The van der Waals surface area contributed by atoms with E-state index in [-0.39, 0.29) is 6.29 Å². The Labute approximate surface area is 298 Å². The van der Waals surface area contributed by atoms with E-state index in [4.69, 9.17) is 0 Å². The van der Waals surface area contributed by atoms with E-state index in [0.717, 1.165) is 17.9 Å². The normalized spacial score (nSPS) is 15.0. The van der Waals surface area contributed by atoms with E-state index in [1.54, 1.807) is 0 Å². The lowest BCUT2D eigenvalue weighted by atomic mass is 10.0. The Bertz CT molecular complexity index is 2980. The third-order valence-electron chi connectivity index (χ3n) is 10.6. The summed E-state index contributed by atoms with van der Waals surface area (Å²) in [7, 11) is 0. The molecule has 0 radical (unpaired) electrons. The summed E-state index contributed by atoms with van der Waals surface area (Å²) in [5.41, 5.74) is 10.8. The zero-order valence-electron chi connectivity index (χ0n) is 27.7. The second-order valence-corrected chi connectivity index (χ2v) is 14.4. The van der Waals surface area contributed by atoms with E-state index in [9.17, 15) is 0 Å². The van der Waals surface area contributed by atoms with Crippen LogP contribution in [0, 0.1) is 0 Å². The molecule has 0 spiro atoms. The first-order chi connectivity index (χ1) is 25.3. The molecule has 3 aromatic heterocycles. The maximum Gasteiger partial charge on any atom is 0.160 e. The molecule has 11 rings (SSSR count). The van der Waals surface area contributed by atoms with Crippen molar-refractivity contribution in [2.24, 2.45) is 0 Å². The summed E-state index contributed by atoms with van der Waals surface area (Å²) in [5, 5.41) is 15.4. The molecule has 4 nitrogen and oxygen atoms in total. The fraction of sp³-hybridized carbons (Fsp3) is 0.0435. The van der Waals surface area contributed by atoms with Crippen LogP contribution in [0.15, 0.2) is 164 Å². The van der Waals surface area contributed by atoms with E-state index in [1.165, 1.54) is 80.5 Å². The second kappa shape index (κ2) is 11.2. The molecular formula is C46H32N4S. The lowest BCUT2D eigenvalue weighted by Crippen LogP contribution is -2.41. The molecule has 1 aliphatic heterocycles. The molecule has 2 N–H and O–H groups in total. The van der Waals surface area contributed by atoms with Gasteiger partial charge in [0, 0.05) is 59.6 Å². The zero-order valence-corrected chi connectivity index (χ0v) is 28.5. The highest BCUT2D eigenvalue weighted by molar-refractivity contribution is 7.26. The topological polar surface area (TPSA) is 33.9 Å². The highest BCUT2D eigenvalue weighted by atomic mass is 32.1. The Hall–Kier alpha value is -6.14. The van der Waals surface area contributed by atoms with Crippen LogP contribution in [-0.4, -0.2) is 15.7 Å². The summed E-state index contributed by atoms with van der Waals surface area (Å²) in [6, 6.07) is 57.6. The molecule has 1 atom stereocenters. The van der Waals surface area contributed by atoms with Gasteiger partial charge in [0.15, 0.2) is 6.29 Å². The first-order valence-corrected chi connectivity index (χ1v) is 18.3. The Kier molecular flexibility index (Phi) is 6.29. The third kappa shape index (κ3) is 4.35. The van der Waals surface area contributed by atoms with E-state index in [1.807, 2.05) is 11.3 Å². The van der Waals surface area contributed by atoms with Crippen LogP contribution in [0.5, 0.6) is 0 Å². The number of nitrogens with one attached hydrogen (secondary N) is 2. The Morgan fingerprint density at radius 2 is 1.16 bits per heavy atom. The van der Waals surface area contributed by atoms with Crippen LogP contribution in [0.4, 0.5) is 0 Å². The Morgan fingerprint density at radius 3 is 1.96 bits per heavy atom. The second-order valence-electron chi connectivity index (χ2n) is 13.4. The van der Waals surface area contributed by atoms with Crippen LogP contribution >= 0.6 is 11.3 Å². The molecular weight excluding hydrogens is 641 g/mol. The molecule has 0 saturated heterocycles. The van der Waals surface area contributed by atoms with Crippen molar-refractivity contribution in [3.8, 4) is 16.8 Å². The van der Waals surface area contributed by atoms with Gasteiger partial charge < -0.3 is 14.5 Å². The van der Waals surface area contributed by atoms with Gasteiger partial charge in [0.05, 0.1) is 22.1 Å². The molecule has 5 heteroatoms. The molecule has 51 heavy (non-hydrogen) atoms. The van der Waals surface area contributed by atoms with Gasteiger partial charge in [-0.1, -0.05) is 109 Å². The number of nitrogens with zero attached hydrogens (tertiary/aromatic N) is 2. The first-order valence-electron chi connectivity index (χ1n) is 17.5. The lowest BCUT2D eigenvalue weighted by molar-refractivity contribution is 0.395. The molecule has 10 aromatic rings. The number of benzene rings is 7. The van der Waals surface area contributed by atoms with Crippen molar-refractivity contribution in [2.75, 3.05) is 6.54 Å². The maximum atomic E-state index is 3.89. The minimum Gasteiger partial charge on any atom is -0.352 e.